The van der Waals surface area contributed by atoms with Crippen LogP contribution in [0.25, 0.3) is 0 Å². The average Bonchev–Trinajstić information content (AvgIpc) is 2.88. The fourth-order valence-corrected chi connectivity index (χ4v) is 7.41. The lowest BCUT2D eigenvalue weighted by Crippen LogP contribution is -2.68. The average molecular weight is 553 g/mol. The number of hydrogen-bond donors (Lipinski definition) is 6. The molecular formula is C28H28N2O8S. The van der Waals surface area contributed by atoms with Gasteiger partial charge in [0, 0.05) is 28.1 Å². The molecule has 0 unspecified atom stereocenters. The van der Waals surface area contributed by atoms with Crippen LogP contribution in [0.5, 0.6) is 5.75 Å². The minimum Gasteiger partial charge on any atom is -0.510 e. The van der Waals surface area contributed by atoms with Gasteiger partial charge in [0.2, 0.25) is 5.78 Å². The minimum absolute atomic E-state index is 0.107. The van der Waals surface area contributed by atoms with Crippen molar-refractivity contribution in [2.45, 2.75) is 28.6 Å². The molecule has 2 aromatic rings. The number of thioether (sulfide) groups is 1. The first-order valence-corrected chi connectivity index (χ1v) is 13.2. The number of amides is 1. The van der Waals surface area contributed by atoms with Crippen molar-refractivity contribution in [1.82, 2.24) is 4.90 Å². The number of hydrogen-bond acceptors (Lipinski definition) is 10. The van der Waals surface area contributed by atoms with Gasteiger partial charge in [0.1, 0.15) is 22.8 Å². The highest BCUT2D eigenvalue weighted by Crippen LogP contribution is 2.56. The number of aromatic hydroxyl groups is 1. The van der Waals surface area contributed by atoms with Gasteiger partial charge in [0.25, 0.3) is 5.91 Å². The van der Waals surface area contributed by atoms with Gasteiger partial charge in [0.15, 0.2) is 11.4 Å². The molecule has 3 aliphatic carbocycles. The van der Waals surface area contributed by atoms with Crippen LogP contribution in [0, 0.1) is 11.8 Å². The number of phenolic OH excluding ortho intramolecular Hbond substituents is 1. The van der Waals surface area contributed by atoms with E-state index in [1.165, 1.54) is 36.8 Å². The number of fused-ring (bicyclic) bond motifs is 3. The lowest BCUT2D eigenvalue weighted by molar-refractivity contribution is -0.162. The van der Waals surface area contributed by atoms with Crippen molar-refractivity contribution < 1.29 is 39.9 Å². The van der Waals surface area contributed by atoms with Crippen LogP contribution < -0.4 is 5.73 Å². The van der Waals surface area contributed by atoms with Crippen LogP contribution >= 0.6 is 11.8 Å². The number of carbonyl (C=O) groups is 3. The normalized spacial score (nSPS) is 30.2. The molecule has 7 N–H and O–H groups in total. The second kappa shape index (κ2) is 9.53. The highest BCUT2D eigenvalue weighted by Gasteiger charge is 2.67. The van der Waals surface area contributed by atoms with Crippen molar-refractivity contribution in [2.24, 2.45) is 17.6 Å². The van der Waals surface area contributed by atoms with Crippen LogP contribution in [0.2, 0.25) is 0 Å². The Labute approximate surface area is 228 Å². The van der Waals surface area contributed by atoms with Crippen LogP contribution in [0.3, 0.4) is 0 Å². The summed E-state index contributed by atoms with van der Waals surface area (Å²) in [5, 5.41) is 56.8. The van der Waals surface area contributed by atoms with Crippen LogP contribution in [-0.2, 0) is 9.59 Å². The number of ketones is 2. The van der Waals surface area contributed by atoms with Crippen molar-refractivity contribution in [2.75, 3.05) is 19.8 Å². The Kier molecular flexibility index (Phi) is 6.58. The molecule has 0 fully saturated rings. The van der Waals surface area contributed by atoms with E-state index >= 15 is 0 Å². The Hall–Kier alpha value is -3.64. The number of Topliss-reactive ketones (excluding diaryl/α,β-unsaturated/α-hetero) is 2. The number of rotatable bonds is 5. The number of benzene rings is 2. The summed E-state index contributed by atoms with van der Waals surface area (Å²) in [4.78, 5) is 41.7. The maximum Gasteiger partial charge on any atom is 0.255 e. The number of aliphatic hydroxyl groups is 4. The van der Waals surface area contributed by atoms with Gasteiger partial charge in [-0.2, -0.15) is 0 Å². The van der Waals surface area contributed by atoms with Crippen LogP contribution in [0.15, 0.2) is 76.1 Å². The van der Waals surface area contributed by atoms with Gasteiger partial charge < -0.3 is 31.3 Å². The van der Waals surface area contributed by atoms with E-state index in [1.54, 1.807) is 12.1 Å². The summed E-state index contributed by atoms with van der Waals surface area (Å²) in [5.74, 6) is -8.77. The topological polar surface area (TPSA) is 182 Å². The molecule has 11 heteroatoms. The Morgan fingerprint density at radius 2 is 1.72 bits per heavy atom. The zero-order valence-electron chi connectivity index (χ0n) is 21.1. The first-order valence-electron chi connectivity index (χ1n) is 12.3. The molecule has 0 spiro atoms. The van der Waals surface area contributed by atoms with E-state index in [0.29, 0.717) is 11.3 Å². The van der Waals surface area contributed by atoms with Gasteiger partial charge in [-0.15, -0.1) is 11.8 Å². The van der Waals surface area contributed by atoms with Crippen molar-refractivity contribution in [3.05, 3.63) is 82.3 Å². The smallest absolute Gasteiger partial charge is 0.255 e. The molecule has 5 rings (SSSR count). The molecule has 1 amide bonds. The van der Waals surface area contributed by atoms with E-state index in [0.717, 1.165) is 4.90 Å². The number of likely N-dealkylation sites (N-methyl/N-ethyl adjacent to an activating group) is 1. The molecule has 0 heterocycles. The van der Waals surface area contributed by atoms with Crippen molar-refractivity contribution >= 4 is 29.2 Å². The van der Waals surface area contributed by atoms with E-state index in [4.69, 9.17) is 5.73 Å². The third-order valence-corrected chi connectivity index (χ3v) is 9.10. The van der Waals surface area contributed by atoms with E-state index in [9.17, 15) is 39.9 Å². The molecule has 2 aromatic carbocycles. The summed E-state index contributed by atoms with van der Waals surface area (Å²) in [6, 6.07) is 12.6. The monoisotopic (exact) mass is 552 g/mol. The molecule has 0 bridgehead atoms. The largest absolute Gasteiger partial charge is 0.510 e. The number of nitrogens with zero attached hydrogens (tertiary/aromatic N) is 1. The number of nitrogens with two attached hydrogens (primary N) is 1. The Morgan fingerprint density at radius 3 is 2.33 bits per heavy atom. The number of primary amides is 1. The maximum atomic E-state index is 13.8. The molecule has 39 heavy (non-hydrogen) atoms. The van der Waals surface area contributed by atoms with Crippen molar-refractivity contribution in [3.63, 3.8) is 0 Å². The van der Waals surface area contributed by atoms with E-state index in [-0.39, 0.29) is 11.3 Å². The Bertz CT molecular complexity index is 1450. The fraction of sp³-hybridized carbons (Fsp3) is 0.321. The van der Waals surface area contributed by atoms with Crippen molar-refractivity contribution in [1.29, 1.82) is 0 Å². The highest BCUT2D eigenvalue weighted by molar-refractivity contribution is 7.99. The van der Waals surface area contributed by atoms with E-state index < -0.39 is 75.6 Å². The molecule has 204 valence electrons. The molecule has 0 aliphatic heterocycles. The Morgan fingerprint density at radius 1 is 1.05 bits per heavy atom. The zero-order valence-corrected chi connectivity index (χ0v) is 21.9. The van der Waals surface area contributed by atoms with E-state index in [2.05, 4.69) is 0 Å². The lowest BCUT2D eigenvalue weighted by atomic mass is 9.55. The minimum atomic E-state index is -2.94. The number of carbonyl (C=O) groups excluding carboxylic acids is 3. The molecule has 0 aromatic heterocycles. The first kappa shape index (κ1) is 26.9. The molecular weight excluding hydrogens is 524 g/mol. The Balaban J connectivity index is 1.75. The summed E-state index contributed by atoms with van der Waals surface area (Å²) in [6.07, 6.45) is -1.64. The van der Waals surface area contributed by atoms with Gasteiger partial charge in [0.05, 0.1) is 23.6 Å². The number of aliphatic hydroxyl groups excluding tert-OH is 3. The summed E-state index contributed by atoms with van der Waals surface area (Å²) >= 11 is 1.43. The molecule has 0 saturated heterocycles. The van der Waals surface area contributed by atoms with Crippen LogP contribution in [0.4, 0.5) is 0 Å². The summed E-state index contributed by atoms with van der Waals surface area (Å²) in [6.45, 7) is 0. The number of phenols is 1. The molecule has 6 atom stereocenters. The fourth-order valence-electron chi connectivity index (χ4n) is 6.30. The molecule has 3 aliphatic rings. The van der Waals surface area contributed by atoms with Gasteiger partial charge >= 0.3 is 0 Å². The van der Waals surface area contributed by atoms with Crippen LogP contribution in [0.1, 0.15) is 21.8 Å². The SMILES string of the molecule is CN(C)[C@@H]1C(O)=C(C(N)=O)C(=O)[C@@]2(O)C(O)=C3C(=O)c4c(O)cccc4[C@H](CSc4ccccc4)[C@H]3[C@H](O)[C@@H]12. The predicted octanol–water partition coefficient (Wildman–Crippen LogP) is 1.42. The van der Waals surface area contributed by atoms with Gasteiger partial charge in [-0.1, -0.05) is 30.3 Å². The molecule has 10 nitrogen and oxygen atoms in total. The van der Waals surface area contributed by atoms with Gasteiger partial charge in [-0.3, -0.25) is 19.3 Å². The molecule has 0 radical (unpaired) electrons. The van der Waals surface area contributed by atoms with Gasteiger partial charge in [-0.25, -0.2) is 0 Å². The van der Waals surface area contributed by atoms with E-state index in [1.807, 2.05) is 30.3 Å². The quantitative estimate of drug-likeness (QED) is 0.234. The summed E-state index contributed by atoms with van der Waals surface area (Å²) < 4.78 is 0. The second-order valence-corrected chi connectivity index (χ2v) is 11.3. The highest BCUT2D eigenvalue weighted by atomic mass is 32.2. The molecule has 0 saturated carbocycles. The third-order valence-electron chi connectivity index (χ3n) is 7.97. The third kappa shape index (κ3) is 3.80. The van der Waals surface area contributed by atoms with Crippen LogP contribution in [-0.4, -0.2) is 85.5 Å². The maximum absolute atomic E-state index is 13.8. The predicted molar refractivity (Wildman–Crippen MR) is 141 cm³/mol. The van der Waals surface area contributed by atoms with Crippen molar-refractivity contribution in [3.8, 4) is 5.75 Å². The first-order chi connectivity index (χ1) is 18.4. The second-order valence-electron chi connectivity index (χ2n) is 10.2. The van der Waals surface area contributed by atoms with Gasteiger partial charge in [-0.05, 0) is 37.9 Å². The summed E-state index contributed by atoms with van der Waals surface area (Å²) in [7, 11) is 3.00. The standard InChI is InChI=1S/C28H28N2O8S/c1-30(2)21-20-23(33)17-14(11-39-12-7-4-3-5-8-12)13-9-6-10-15(31)16(13)22(32)18(17)25(35)28(20,38)26(36)19(24(21)34)27(29)37/h3-10,14,17,20-21,23,31,33-35,38H,11H2,1-2H3,(H2,29,37)/t14-,17+,20+,21-,23-,28-/m0/s1. The lowest BCUT2D eigenvalue weighted by Gasteiger charge is -2.53. The summed E-state index contributed by atoms with van der Waals surface area (Å²) in [5.41, 5.74) is 1.40. The zero-order chi connectivity index (χ0) is 28.4.